The van der Waals surface area contributed by atoms with Crippen molar-refractivity contribution in [1.82, 2.24) is 0 Å². The molecule has 1 aliphatic heterocycles. The van der Waals surface area contributed by atoms with Crippen LogP contribution in [0.2, 0.25) is 0 Å². The quantitative estimate of drug-likeness (QED) is 0.822. The summed E-state index contributed by atoms with van der Waals surface area (Å²) in [5, 5.41) is 9.40. The lowest BCUT2D eigenvalue weighted by atomic mass is 9.76. The summed E-state index contributed by atoms with van der Waals surface area (Å²) in [7, 11) is 0. The number of aromatic hydroxyl groups is 1. The topological polar surface area (TPSA) is 29.5 Å². The van der Waals surface area contributed by atoms with E-state index < -0.39 is 0 Å². The smallest absolute Gasteiger partial charge is 0.115 e. The second kappa shape index (κ2) is 7.50. The summed E-state index contributed by atoms with van der Waals surface area (Å²) in [6.45, 7) is 3.19. The van der Waals surface area contributed by atoms with Crippen LogP contribution in [0, 0.1) is 11.8 Å². The van der Waals surface area contributed by atoms with E-state index in [1.54, 1.807) is 0 Å². The summed E-state index contributed by atoms with van der Waals surface area (Å²) in [5.41, 5.74) is 1.41. The minimum Gasteiger partial charge on any atom is -0.508 e. The van der Waals surface area contributed by atoms with Gasteiger partial charge in [-0.25, -0.2) is 0 Å². The maximum Gasteiger partial charge on any atom is 0.115 e. The van der Waals surface area contributed by atoms with Crippen LogP contribution in [0.3, 0.4) is 0 Å². The first-order chi connectivity index (χ1) is 10.7. The van der Waals surface area contributed by atoms with Gasteiger partial charge in [0.25, 0.3) is 0 Å². The Labute approximate surface area is 134 Å². The van der Waals surface area contributed by atoms with Gasteiger partial charge in [-0.05, 0) is 87.3 Å². The lowest BCUT2D eigenvalue weighted by molar-refractivity contribution is -0.00901. The highest BCUT2D eigenvalue weighted by atomic mass is 16.5. The number of ether oxygens (including phenoxy) is 1. The van der Waals surface area contributed by atoms with E-state index >= 15 is 0 Å². The molecule has 1 aromatic carbocycles. The molecule has 122 valence electrons. The first-order valence-electron chi connectivity index (χ1n) is 9.11. The van der Waals surface area contributed by atoms with Crippen molar-refractivity contribution in [2.45, 2.75) is 70.3 Å². The van der Waals surface area contributed by atoms with E-state index in [1.807, 2.05) is 12.1 Å². The number of hydrogen-bond acceptors (Lipinski definition) is 2. The third-order valence-electron chi connectivity index (χ3n) is 5.79. The molecule has 1 heterocycles. The molecule has 1 saturated carbocycles. The fraction of sp³-hybridized carbons (Fsp3) is 0.700. The van der Waals surface area contributed by atoms with E-state index in [-0.39, 0.29) is 0 Å². The highest BCUT2D eigenvalue weighted by molar-refractivity contribution is 5.28. The minimum atomic E-state index is 0.376. The van der Waals surface area contributed by atoms with Crippen molar-refractivity contribution in [3.8, 4) is 5.75 Å². The van der Waals surface area contributed by atoms with Crippen LogP contribution >= 0.6 is 0 Å². The van der Waals surface area contributed by atoms with Gasteiger partial charge in [-0.15, -0.1) is 0 Å². The van der Waals surface area contributed by atoms with Crippen LogP contribution < -0.4 is 0 Å². The fourth-order valence-corrected chi connectivity index (χ4v) is 4.17. The van der Waals surface area contributed by atoms with Crippen molar-refractivity contribution in [1.29, 1.82) is 0 Å². The second-order valence-corrected chi connectivity index (χ2v) is 7.47. The van der Waals surface area contributed by atoms with Crippen molar-refractivity contribution >= 4 is 0 Å². The Kier molecular flexibility index (Phi) is 5.41. The molecular weight excluding hydrogens is 272 g/mol. The van der Waals surface area contributed by atoms with Gasteiger partial charge in [-0.1, -0.05) is 18.6 Å². The van der Waals surface area contributed by atoms with Gasteiger partial charge in [0.05, 0.1) is 6.10 Å². The molecule has 22 heavy (non-hydrogen) atoms. The van der Waals surface area contributed by atoms with Crippen LogP contribution in [-0.4, -0.2) is 17.8 Å². The highest BCUT2D eigenvalue weighted by Gasteiger charge is 2.24. The predicted octanol–water partition coefficient (Wildman–Crippen LogP) is 5.26. The molecule has 2 atom stereocenters. The van der Waals surface area contributed by atoms with Crippen LogP contribution in [0.5, 0.6) is 5.75 Å². The molecule has 0 bridgehead atoms. The molecule has 2 aliphatic rings. The molecule has 0 amide bonds. The molecule has 3 rings (SSSR count). The summed E-state index contributed by atoms with van der Waals surface area (Å²) in [6, 6.07) is 7.85. The van der Waals surface area contributed by atoms with Gasteiger partial charge in [0.1, 0.15) is 5.75 Å². The number of rotatable bonds is 4. The fourth-order valence-electron chi connectivity index (χ4n) is 4.17. The van der Waals surface area contributed by atoms with E-state index in [1.165, 1.54) is 56.9 Å². The SMILES string of the molecule is CC1CCC(CCC2CCC(c3ccc(O)cc3)CC2)CO1. The Bertz CT molecular complexity index is 437. The normalized spacial score (nSPS) is 32.8. The zero-order chi connectivity index (χ0) is 15.4. The van der Waals surface area contributed by atoms with Crippen LogP contribution in [0.25, 0.3) is 0 Å². The predicted molar refractivity (Wildman–Crippen MR) is 90.2 cm³/mol. The van der Waals surface area contributed by atoms with Gasteiger partial charge in [-0.3, -0.25) is 0 Å². The van der Waals surface area contributed by atoms with Gasteiger partial charge in [0, 0.05) is 6.61 Å². The molecule has 2 fully saturated rings. The molecule has 0 radical (unpaired) electrons. The van der Waals surface area contributed by atoms with Crippen LogP contribution in [0.1, 0.15) is 69.8 Å². The molecule has 1 aromatic rings. The van der Waals surface area contributed by atoms with Crippen molar-refractivity contribution < 1.29 is 9.84 Å². The van der Waals surface area contributed by atoms with E-state index in [0.29, 0.717) is 17.8 Å². The van der Waals surface area contributed by atoms with Crippen molar-refractivity contribution in [2.75, 3.05) is 6.61 Å². The number of phenolic OH excluding ortho intramolecular Hbond substituents is 1. The molecule has 1 N–H and O–H groups in total. The molecule has 1 saturated heterocycles. The summed E-state index contributed by atoms with van der Waals surface area (Å²) in [5.74, 6) is 2.82. The minimum absolute atomic E-state index is 0.376. The second-order valence-electron chi connectivity index (χ2n) is 7.47. The van der Waals surface area contributed by atoms with Crippen molar-refractivity contribution in [2.24, 2.45) is 11.8 Å². The summed E-state index contributed by atoms with van der Waals surface area (Å²) >= 11 is 0. The number of benzene rings is 1. The maximum atomic E-state index is 9.40. The lowest BCUT2D eigenvalue weighted by Gasteiger charge is -2.31. The third kappa shape index (κ3) is 4.25. The molecule has 0 spiro atoms. The Morgan fingerprint density at radius 3 is 2.18 bits per heavy atom. The molecule has 0 aromatic heterocycles. The molecule has 2 unspecified atom stereocenters. The van der Waals surface area contributed by atoms with Gasteiger partial charge >= 0.3 is 0 Å². The van der Waals surface area contributed by atoms with Crippen molar-refractivity contribution in [3.05, 3.63) is 29.8 Å². The third-order valence-corrected chi connectivity index (χ3v) is 5.79. The maximum absolute atomic E-state index is 9.40. The van der Waals surface area contributed by atoms with Crippen molar-refractivity contribution in [3.63, 3.8) is 0 Å². The van der Waals surface area contributed by atoms with Crippen LogP contribution in [-0.2, 0) is 4.74 Å². The van der Waals surface area contributed by atoms with E-state index in [4.69, 9.17) is 4.74 Å². The summed E-state index contributed by atoms with van der Waals surface area (Å²) in [6.07, 6.45) is 11.2. The summed E-state index contributed by atoms with van der Waals surface area (Å²) in [4.78, 5) is 0. The summed E-state index contributed by atoms with van der Waals surface area (Å²) < 4.78 is 5.79. The Hall–Kier alpha value is -1.02. The van der Waals surface area contributed by atoms with E-state index in [9.17, 15) is 5.11 Å². The van der Waals surface area contributed by atoms with E-state index in [2.05, 4.69) is 19.1 Å². The van der Waals surface area contributed by atoms with Gasteiger partial charge in [0.15, 0.2) is 0 Å². The Morgan fingerprint density at radius 2 is 1.55 bits per heavy atom. The van der Waals surface area contributed by atoms with Crippen LogP contribution in [0.4, 0.5) is 0 Å². The van der Waals surface area contributed by atoms with Gasteiger partial charge in [0.2, 0.25) is 0 Å². The highest BCUT2D eigenvalue weighted by Crippen LogP contribution is 2.38. The number of phenols is 1. The largest absolute Gasteiger partial charge is 0.508 e. The average Bonchev–Trinajstić information content (AvgIpc) is 2.56. The van der Waals surface area contributed by atoms with Crippen LogP contribution in [0.15, 0.2) is 24.3 Å². The van der Waals surface area contributed by atoms with Gasteiger partial charge in [-0.2, -0.15) is 0 Å². The lowest BCUT2D eigenvalue weighted by Crippen LogP contribution is -2.24. The first kappa shape index (κ1) is 15.9. The zero-order valence-corrected chi connectivity index (χ0v) is 13.8. The molecule has 2 heteroatoms. The molecule has 1 aliphatic carbocycles. The standard InChI is InChI=1S/C20H30O2/c1-15-2-3-17(14-22-15)5-4-16-6-8-18(9-7-16)19-10-12-20(21)13-11-19/h10-13,15-18,21H,2-9,14H2,1H3. The van der Waals surface area contributed by atoms with E-state index in [0.717, 1.165) is 18.4 Å². The zero-order valence-electron chi connectivity index (χ0n) is 13.8. The molecule has 2 nitrogen and oxygen atoms in total. The number of hydrogen-bond donors (Lipinski definition) is 1. The molecular formula is C20H30O2. The average molecular weight is 302 g/mol. The Balaban J connectivity index is 1.39. The Morgan fingerprint density at radius 1 is 0.909 bits per heavy atom. The first-order valence-corrected chi connectivity index (χ1v) is 9.11. The van der Waals surface area contributed by atoms with Gasteiger partial charge < -0.3 is 9.84 Å². The monoisotopic (exact) mass is 302 g/mol.